The third kappa shape index (κ3) is 3.91. The number of piperidine rings is 1. The van der Waals surface area contributed by atoms with Crippen LogP contribution in [0.1, 0.15) is 40.5 Å². The molecule has 0 aromatic carbocycles. The monoisotopic (exact) mass is 263 g/mol. The van der Waals surface area contributed by atoms with Crippen molar-refractivity contribution in [3.8, 4) is 0 Å². The van der Waals surface area contributed by atoms with Gasteiger partial charge in [-0.1, -0.05) is 6.92 Å². The van der Waals surface area contributed by atoms with Gasteiger partial charge in [0.25, 0.3) is 10.2 Å². The number of nitrogens with two attached hydrogens (primary N) is 1. The zero-order valence-electron chi connectivity index (χ0n) is 11.2. The van der Waals surface area contributed by atoms with Gasteiger partial charge in [-0.05, 0) is 39.5 Å². The van der Waals surface area contributed by atoms with Crippen molar-refractivity contribution in [1.29, 1.82) is 0 Å². The molecule has 17 heavy (non-hydrogen) atoms. The summed E-state index contributed by atoms with van der Waals surface area (Å²) in [5.74, 6) is 0.614. The lowest BCUT2D eigenvalue weighted by atomic mass is 9.99. The van der Waals surface area contributed by atoms with Crippen LogP contribution >= 0.6 is 0 Å². The van der Waals surface area contributed by atoms with Crippen LogP contribution < -0.4 is 10.5 Å². The maximum Gasteiger partial charge on any atom is 0.279 e. The maximum absolute atomic E-state index is 12.2. The Morgan fingerprint density at radius 2 is 1.82 bits per heavy atom. The topological polar surface area (TPSA) is 75.4 Å². The number of nitrogens with zero attached hydrogens (tertiary/aromatic N) is 1. The second-order valence-corrected chi connectivity index (χ2v) is 7.37. The minimum atomic E-state index is -3.41. The van der Waals surface area contributed by atoms with Gasteiger partial charge in [-0.3, -0.25) is 0 Å². The van der Waals surface area contributed by atoms with Gasteiger partial charge in [0.1, 0.15) is 0 Å². The summed E-state index contributed by atoms with van der Waals surface area (Å²) in [7, 11) is -3.41. The van der Waals surface area contributed by atoms with Crippen LogP contribution in [-0.4, -0.2) is 37.4 Å². The standard InChI is InChI=1S/C11H25N3O2S/c1-9-5-7-14(8-6-9)17(15,16)13-11(3,4)10(2)12/h9-10,13H,5-8,12H2,1-4H3. The lowest BCUT2D eigenvalue weighted by Crippen LogP contribution is -2.58. The summed E-state index contributed by atoms with van der Waals surface area (Å²) in [5, 5.41) is 0. The van der Waals surface area contributed by atoms with Crippen molar-refractivity contribution in [2.75, 3.05) is 13.1 Å². The van der Waals surface area contributed by atoms with E-state index in [2.05, 4.69) is 11.6 Å². The van der Waals surface area contributed by atoms with Crippen LogP contribution in [0.3, 0.4) is 0 Å². The molecule has 0 bridgehead atoms. The first kappa shape index (κ1) is 14.9. The third-order valence-electron chi connectivity index (χ3n) is 3.61. The first-order valence-corrected chi connectivity index (χ1v) is 7.64. The summed E-state index contributed by atoms with van der Waals surface area (Å²) in [6.45, 7) is 8.78. The Bertz CT molecular complexity index is 344. The van der Waals surface area contributed by atoms with Crippen LogP contribution in [-0.2, 0) is 10.2 Å². The molecule has 5 nitrogen and oxygen atoms in total. The highest BCUT2D eigenvalue weighted by Gasteiger charge is 2.33. The zero-order chi connectivity index (χ0) is 13.3. The number of rotatable bonds is 4. The van der Waals surface area contributed by atoms with E-state index in [-0.39, 0.29) is 6.04 Å². The summed E-state index contributed by atoms with van der Waals surface area (Å²) in [4.78, 5) is 0. The molecule has 0 aromatic rings. The van der Waals surface area contributed by atoms with Crippen LogP contribution in [0.5, 0.6) is 0 Å². The van der Waals surface area contributed by atoms with Crippen LogP contribution in [0.25, 0.3) is 0 Å². The summed E-state index contributed by atoms with van der Waals surface area (Å²) < 4.78 is 28.6. The van der Waals surface area contributed by atoms with Crippen molar-refractivity contribution in [3.05, 3.63) is 0 Å². The Hall–Kier alpha value is -0.170. The molecule has 6 heteroatoms. The molecule has 1 rings (SSSR count). The molecule has 1 atom stereocenters. The number of hydrogen-bond donors (Lipinski definition) is 2. The predicted molar refractivity (Wildman–Crippen MR) is 69.8 cm³/mol. The van der Waals surface area contributed by atoms with Crippen molar-refractivity contribution >= 4 is 10.2 Å². The van der Waals surface area contributed by atoms with Crippen molar-refractivity contribution < 1.29 is 8.42 Å². The van der Waals surface area contributed by atoms with Crippen LogP contribution in [0.4, 0.5) is 0 Å². The molecule has 0 amide bonds. The predicted octanol–water partition coefficient (Wildman–Crippen LogP) is 0.679. The van der Waals surface area contributed by atoms with E-state index in [4.69, 9.17) is 5.73 Å². The number of nitrogens with one attached hydrogen (secondary N) is 1. The van der Waals surface area contributed by atoms with E-state index in [0.717, 1.165) is 12.8 Å². The lowest BCUT2D eigenvalue weighted by molar-refractivity contribution is 0.276. The van der Waals surface area contributed by atoms with Crippen LogP contribution in [0.15, 0.2) is 0 Å². The molecule has 1 saturated heterocycles. The molecule has 3 N–H and O–H groups in total. The summed E-state index contributed by atoms with van der Waals surface area (Å²) in [6.07, 6.45) is 1.86. The molecule has 0 radical (unpaired) electrons. The van der Waals surface area contributed by atoms with E-state index in [1.165, 1.54) is 4.31 Å². The maximum atomic E-state index is 12.2. The Morgan fingerprint density at radius 3 is 2.24 bits per heavy atom. The van der Waals surface area contributed by atoms with Gasteiger partial charge in [0.05, 0.1) is 0 Å². The van der Waals surface area contributed by atoms with Crippen molar-refractivity contribution in [2.24, 2.45) is 11.7 Å². The fraction of sp³-hybridized carbons (Fsp3) is 1.00. The van der Waals surface area contributed by atoms with E-state index >= 15 is 0 Å². The second-order valence-electron chi connectivity index (χ2n) is 5.70. The van der Waals surface area contributed by atoms with Gasteiger partial charge < -0.3 is 5.73 Å². The van der Waals surface area contributed by atoms with Gasteiger partial charge in [0.15, 0.2) is 0 Å². The van der Waals surface area contributed by atoms with Gasteiger partial charge in [-0.15, -0.1) is 0 Å². The smallest absolute Gasteiger partial charge is 0.279 e. The first-order valence-electron chi connectivity index (χ1n) is 6.20. The Balaban J connectivity index is 2.69. The SMILES string of the molecule is CC1CCN(S(=O)(=O)NC(C)(C)C(C)N)CC1. The largest absolute Gasteiger partial charge is 0.326 e. The Morgan fingerprint density at radius 1 is 1.35 bits per heavy atom. The van der Waals surface area contributed by atoms with Crippen molar-refractivity contribution in [1.82, 2.24) is 9.03 Å². The van der Waals surface area contributed by atoms with E-state index in [1.54, 1.807) is 6.92 Å². The molecule has 1 unspecified atom stereocenters. The molecule has 0 saturated carbocycles. The van der Waals surface area contributed by atoms with Gasteiger partial charge in [0.2, 0.25) is 0 Å². The average molecular weight is 263 g/mol. The van der Waals surface area contributed by atoms with Crippen molar-refractivity contribution in [2.45, 2.75) is 52.1 Å². The van der Waals surface area contributed by atoms with Gasteiger partial charge in [-0.2, -0.15) is 17.4 Å². The minimum absolute atomic E-state index is 0.235. The van der Waals surface area contributed by atoms with Crippen molar-refractivity contribution in [3.63, 3.8) is 0 Å². The molecular weight excluding hydrogens is 238 g/mol. The molecule has 0 spiro atoms. The summed E-state index contributed by atoms with van der Waals surface area (Å²) >= 11 is 0. The van der Waals surface area contributed by atoms with E-state index in [1.807, 2.05) is 13.8 Å². The van der Waals surface area contributed by atoms with Gasteiger partial charge >= 0.3 is 0 Å². The second kappa shape index (κ2) is 5.22. The zero-order valence-corrected chi connectivity index (χ0v) is 12.0. The molecular formula is C11H25N3O2S. The van der Waals surface area contributed by atoms with Gasteiger partial charge in [-0.25, -0.2) is 0 Å². The molecule has 1 aliphatic heterocycles. The summed E-state index contributed by atoms with van der Waals surface area (Å²) in [6, 6.07) is -0.235. The normalized spacial score (nSPS) is 22.6. The molecule has 1 fully saturated rings. The fourth-order valence-corrected chi connectivity index (χ4v) is 3.39. The third-order valence-corrected chi connectivity index (χ3v) is 5.44. The average Bonchev–Trinajstić information content (AvgIpc) is 2.16. The highest BCUT2D eigenvalue weighted by atomic mass is 32.2. The van der Waals surface area contributed by atoms with Crippen LogP contribution in [0, 0.1) is 5.92 Å². The molecule has 102 valence electrons. The van der Waals surface area contributed by atoms with Gasteiger partial charge in [0, 0.05) is 24.7 Å². The molecule has 1 heterocycles. The fourth-order valence-electron chi connectivity index (χ4n) is 1.72. The highest BCUT2D eigenvalue weighted by Crippen LogP contribution is 2.19. The van der Waals surface area contributed by atoms with E-state index < -0.39 is 15.7 Å². The number of hydrogen-bond acceptors (Lipinski definition) is 3. The Kier molecular flexibility index (Phi) is 4.57. The Labute approximate surface area is 105 Å². The van der Waals surface area contributed by atoms with E-state index in [0.29, 0.717) is 19.0 Å². The van der Waals surface area contributed by atoms with E-state index in [9.17, 15) is 8.42 Å². The molecule has 0 aromatic heterocycles. The molecule has 0 aliphatic carbocycles. The quantitative estimate of drug-likeness (QED) is 0.783. The summed E-state index contributed by atoms with van der Waals surface area (Å²) in [5.41, 5.74) is 5.16. The van der Waals surface area contributed by atoms with Crippen LogP contribution in [0.2, 0.25) is 0 Å². The molecule has 1 aliphatic rings. The minimum Gasteiger partial charge on any atom is -0.326 e. The highest BCUT2D eigenvalue weighted by molar-refractivity contribution is 7.87. The lowest BCUT2D eigenvalue weighted by Gasteiger charge is -2.35. The first-order chi connectivity index (χ1) is 7.65.